The van der Waals surface area contributed by atoms with E-state index < -0.39 is 5.97 Å². The standard InChI is InChI=1S/C13H21NO4/c15-12(2-1-9-3-5-18-6-4-9)14-11-7-10(8-11)13(16)17/h9-11H,1-8H2,(H,14,15)(H,16,17). The van der Waals surface area contributed by atoms with Gasteiger partial charge >= 0.3 is 5.97 Å². The summed E-state index contributed by atoms with van der Waals surface area (Å²) < 4.78 is 5.28. The van der Waals surface area contributed by atoms with Crippen LogP contribution in [0.3, 0.4) is 0 Å². The molecule has 0 radical (unpaired) electrons. The van der Waals surface area contributed by atoms with Crippen molar-refractivity contribution in [3.63, 3.8) is 0 Å². The van der Waals surface area contributed by atoms with Crippen molar-refractivity contribution >= 4 is 11.9 Å². The van der Waals surface area contributed by atoms with Gasteiger partial charge in [-0.05, 0) is 38.0 Å². The summed E-state index contributed by atoms with van der Waals surface area (Å²) in [6.07, 6.45) is 4.75. The highest BCUT2D eigenvalue weighted by Gasteiger charge is 2.35. The minimum atomic E-state index is -0.747. The van der Waals surface area contributed by atoms with Gasteiger partial charge in [-0.3, -0.25) is 9.59 Å². The third-order valence-electron chi connectivity index (χ3n) is 3.97. The normalized spacial score (nSPS) is 28.4. The number of hydrogen-bond acceptors (Lipinski definition) is 3. The third kappa shape index (κ3) is 3.70. The zero-order valence-electron chi connectivity index (χ0n) is 10.6. The first-order chi connectivity index (χ1) is 8.65. The lowest BCUT2D eigenvalue weighted by Crippen LogP contribution is -2.46. The summed E-state index contributed by atoms with van der Waals surface area (Å²) >= 11 is 0. The third-order valence-corrected chi connectivity index (χ3v) is 3.97. The van der Waals surface area contributed by atoms with Gasteiger partial charge in [0.2, 0.25) is 5.91 Å². The lowest BCUT2D eigenvalue weighted by atomic mass is 9.80. The molecule has 2 N–H and O–H groups in total. The number of amides is 1. The summed E-state index contributed by atoms with van der Waals surface area (Å²) in [4.78, 5) is 22.3. The second-order valence-corrected chi connectivity index (χ2v) is 5.37. The molecule has 0 aromatic heterocycles. The van der Waals surface area contributed by atoms with Gasteiger partial charge < -0.3 is 15.2 Å². The Balaban J connectivity index is 1.57. The zero-order chi connectivity index (χ0) is 13.0. The van der Waals surface area contributed by atoms with Crippen molar-refractivity contribution < 1.29 is 19.4 Å². The molecule has 2 rings (SSSR count). The molecule has 0 aromatic rings. The lowest BCUT2D eigenvalue weighted by Gasteiger charge is -2.33. The summed E-state index contributed by atoms with van der Waals surface area (Å²) in [6.45, 7) is 1.63. The largest absolute Gasteiger partial charge is 0.481 e. The van der Waals surface area contributed by atoms with Crippen LogP contribution < -0.4 is 5.32 Å². The summed E-state index contributed by atoms with van der Waals surface area (Å²) in [6, 6.07) is 0.0771. The van der Waals surface area contributed by atoms with Crippen molar-refractivity contribution in [2.45, 2.75) is 44.6 Å². The molecule has 102 valence electrons. The number of ether oxygens (including phenoxy) is 1. The fraction of sp³-hybridized carbons (Fsp3) is 0.846. The van der Waals surface area contributed by atoms with E-state index in [2.05, 4.69) is 5.32 Å². The fourth-order valence-electron chi connectivity index (χ4n) is 2.61. The number of aliphatic carboxylic acids is 1. The highest BCUT2D eigenvalue weighted by atomic mass is 16.5. The molecular formula is C13H21NO4. The summed E-state index contributed by atoms with van der Waals surface area (Å²) in [5, 5.41) is 11.6. The van der Waals surface area contributed by atoms with Crippen molar-refractivity contribution in [1.29, 1.82) is 0 Å². The molecular weight excluding hydrogens is 234 g/mol. The Bertz CT molecular complexity index is 306. The van der Waals surface area contributed by atoms with E-state index in [1.54, 1.807) is 0 Å². The zero-order valence-corrected chi connectivity index (χ0v) is 10.6. The molecule has 1 saturated carbocycles. The first-order valence-electron chi connectivity index (χ1n) is 6.75. The average Bonchev–Trinajstić information content (AvgIpc) is 2.31. The van der Waals surface area contributed by atoms with Gasteiger partial charge in [-0.15, -0.1) is 0 Å². The Labute approximate surface area is 107 Å². The van der Waals surface area contributed by atoms with E-state index in [0.717, 1.165) is 32.5 Å². The molecule has 1 aliphatic carbocycles. The van der Waals surface area contributed by atoms with Crippen LogP contribution in [0.4, 0.5) is 0 Å². The molecule has 1 heterocycles. The lowest BCUT2D eigenvalue weighted by molar-refractivity contribution is -0.146. The van der Waals surface area contributed by atoms with Crippen LogP contribution in [0.15, 0.2) is 0 Å². The van der Waals surface area contributed by atoms with Gasteiger partial charge in [0, 0.05) is 25.7 Å². The van der Waals surface area contributed by atoms with E-state index in [9.17, 15) is 9.59 Å². The van der Waals surface area contributed by atoms with Gasteiger partial charge in [0.25, 0.3) is 0 Å². The SMILES string of the molecule is O=C(CCC1CCOCC1)NC1CC(C(=O)O)C1. The van der Waals surface area contributed by atoms with E-state index in [1.165, 1.54) is 0 Å². The Morgan fingerprint density at radius 1 is 1.22 bits per heavy atom. The number of carbonyl (C=O) groups excluding carboxylic acids is 1. The quantitative estimate of drug-likeness (QED) is 0.773. The van der Waals surface area contributed by atoms with Crippen LogP contribution >= 0.6 is 0 Å². The van der Waals surface area contributed by atoms with Crippen LogP contribution in [0.1, 0.15) is 38.5 Å². The van der Waals surface area contributed by atoms with E-state index in [0.29, 0.717) is 25.2 Å². The molecule has 18 heavy (non-hydrogen) atoms. The maximum atomic E-state index is 11.7. The maximum Gasteiger partial charge on any atom is 0.306 e. The Kier molecular flexibility index (Phi) is 4.58. The Morgan fingerprint density at radius 3 is 2.50 bits per heavy atom. The molecule has 2 aliphatic rings. The number of carboxylic acids is 1. The molecule has 1 amide bonds. The minimum absolute atomic E-state index is 0.0651. The van der Waals surface area contributed by atoms with E-state index in [4.69, 9.17) is 9.84 Å². The molecule has 5 heteroatoms. The number of rotatable bonds is 5. The van der Waals surface area contributed by atoms with Crippen molar-refractivity contribution in [3.05, 3.63) is 0 Å². The van der Waals surface area contributed by atoms with E-state index >= 15 is 0 Å². The molecule has 1 saturated heterocycles. The molecule has 0 unspecified atom stereocenters. The highest BCUT2D eigenvalue weighted by Crippen LogP contribution is 2.27. The molecule has 1 aliphatic heterocycles. The molecule has 0 atom stereocenters. The van der Waals surface area contributed by atoms with Crippen LogP contribution in [-0.4, -0.2) is 36.2 Å². The molecule has 2 fully saturated rings. The van der Waals surface area contributed by atoms with Crippen LogP contribution in [0, 0.1) is 11.8 Å². The summed E-state index contributed by atoms with van der Waals surface area (Å²) in [7, 11) is 0. The second kappa shape index (κ2) is 6.18. The Hall–Kier alpha value is -1.10. The first kappa shape index (κ1) is 13.3. The Morgan fingerprint density at radius 2 is 1.89 bits per heavy atom. The van der Waals surface area contributed by atoms with Gasteiger partial charge in [0.15, 0.2) is 0 Å². The van der Waals surface area contributed by atoms with Gasteiger partial charge in [-0.2, -0.15) is 0 Å². The van der Waals surface area contributed by atoms with Gasteiger partial charge in [-0.1, -0.05) is 0 Å². The van der Waals surface area contributed by atoms with Crippen molar-refractivity contribution in [2.24, 2.45) is 11.8 Å². The predicted octanol–water partition coefficient (Wildman–Crippen LogP) is 1.17. The second-order valence-electron chi connectivity index (χ2n) is 5.37. The molecule has 0 aromatic carbocycles. The van der Waals surface area contributed by atoms with Gasteiger partial charge in [-0.25, -0.2) is 0 Å². The van der Waals surface area contributed by atoms with Crippen LogP contribution in [0.25, 0.3) is 0 Å². The van der Waals surface area contributed by atoms with E-state index in [-0.39, 0.29) is 17.9 Å². The number of nitrogens with one attached hydrogen (secondary N) is 1. The molecule has 0 bridgehead atoms. The fourth-order valence-corrected chi connectivity index (χ4v) is 2.61. The van der Waals surface area contributed by atoms with Crippen LogP contribution in [0.5, 0.6) is 0 Å². The average molecular weight is 255 g/mol. The predicted molar refractivity (Wildman–Crippen MR) is 65.1 cm³/mol. The number of hydrogen-bond donors (Lipinski definition) is 2. The van der Waals surface area contributed by atoms with Gasteiger partial charge in [0.1, 0.15) is 0 Å². The van der Waals surface area contributed by atoms with Crippen LogP contribution in [-0.2, 0) is 14.3 Å². The maximum absolute atomic E-state index is 11.7. The number of carbonyl (C=O) groups is 2. The summed E-state index contributed by atoms with van der Waals surface area (Å²) in [5.74, 6) is -0.332. The smallest absolute Gasteiger partial charge is 0.306 e. The molecule has 0 spiro atoms. The topological polar surface area (TPSA) is 75.6 Å². The van der Waals surface area contributed by atoms with Gasteiger partial charge in [0.05, 0.1) is 5.92 Å². The first-order valence-corrected chi connectivity index (χ1v) is 6.75. The minimum Gasteiger partial charge on any atom is -0.481 e. The molecule has 5 nitrogen and oxygen atoms in total. The number of carboxylic acid groups (broad SMARTS) is 1. The van der Waals surface area contributed by atoms with Crippen molar-refractivity contribution in [2.75, 3.05) is 13.2 Å². The van der Waals surface area contributed by atoms with Crippen molar-refractivity contribution in [3.8, 4) is 0 Å². The van der Waals surface area contributed by atoms with Crippen LogP contribution in [0.2, 0.25) is 0 Å². The highest BCUT2D eigenvalue weighted by molar-refractivity contribution is 5.77. The monoisotopic (exact) mass is 255 g/mol. The van der Waals surface area contributed by atoms with Crippen molar-refractivity contribution in [1.82, 2.24) is 5.32 Å². The van der Waals surface area contributed by atoms with E-state index in [1.807, 2.05) is 0 Å². The summed E-state index contributed by atoms with van der Waals surface area (Å²) in [5.41, 5.74) is 0.